The number of carbonyl (C=O) groups excluding carboxylic acids is 2. The molecule has 0 bridgehead atoms. The van der Waals surface area contributed by atoms with Crippen LogP contribution in [0.15, 0.2) is 53.0 Å². The van der Waals surface area contributed by atoms with Crippen molar-refractivity contribution in [1.82, 2.24) is 9.80 Å². The first kappa shape index (κ1) is 18.5. The van der Waals surface area contributed by atoms with Gasteiger partial charge in [0.25, 0.3) is 5.91 Å². The van der Waals surface area contributed by atoms with Crippen molar-refractivity contribution >= 4 is 33.6 Å². The van der Waals surface area contributed by atoms with E-state index in [0.717, 1.165) is 22.1 Å². The molecule has 0 atom stereocenters. The lowest BCUT2D eigenvalue weighted by Crippen LogP contribution is -2.39. The molecule has 5 nitrogen and oxygen atoms in total. The third-order valence-electron chi connectivity index (χ3n) is 4.51. The summed E-state index contributed by atoms with van der Waals surface area (Å²) in [7, 11) is 0. The Morgan fingerprint density at radius 1 is 0.962 bits per heavy atom. The van der Waals surface area contributed by atoms with Gasteiger partial charge < -0.3 is 15.1 Å². The van der Waals surface area contributed by atoms with Gasteiger partial charge in [0, 0.05) is 41.9 Å². The fourth-order valence-corrected chi connectivity index (χ4v) is 3.34. The van der Waals surface area contributed by atoms with E-state index < -0.39 is 0 Å². The molecule has 2 aromatic rings. The van der Waals surface area contributed by atoms with E-state index in [1.807, 2.05) is 60.4 Å². The van der Waals surface area contributed by atoms with Gasteiger partial charge in [0.05, 0.1) is 0 Å². The Morgan fingerprint density at radius 3 is 2.38 bits per heavy atom. The minimum Gasteiger partial charge on any atom is -0.337 e. The maximum Gasteiger partial charge on any atom is 0.321 e. The van der Waals surface area contributed by atoms with Crippen LogP contribution >= 0.6 is 15.9 Å². The van der Waals surface area contributed by atoms with E-state index in [0.29, 0.717) is 31.7 Å². The Labute approximate surface area is 162 Å². The van der Waals surface area contributed by atoms with E-state index >= 15 is 0 Å². The second kappa shape index (κ2) is 8.36. The zero-order chi connectivity index (χ0) is 18.5. The smallest absolute Gasteiger partial charge is 0.321 e. The average Bonchev–Trinajstić information content (AvgIpc) is 2.91. The minimum absolute atomic E-state index is 0.0234. The predicted molar refractivity (Wildman–Crippen MR) is 106 cm³/mol. The van der Waals surface area contributed by atoms with Crippen molar-refractivity contribution < 1.29 is 9.59 Å². The van der Waals surface area contributed by atoms with E-state index in [1.54, 1.807) is 4.90 Å². The van der Waals surface area contributed by atoms with Gasteiger partial charge in [0.2, 0.25) is 0 Å². The molecule has 1 heterocycles. The summed E-state index contributed by atoms with van der Waals surface area (Å²) < 4.78 is 0.964. The topological polar surface area (TPSA) is 52.7 Å². The molecular weight excluding hydrogens is 394 g/mol. The molecule has 0 unspecified atom stereocenters. The van der Waals surface area contributed by atoms with E-state index in [-0.39, 0.29) is 11.9 Å². The first-order valence-electron chi connectivity index (χ1n) is 8.71. The number of halogens is 1. The maximum atomic E-state index is 12.6. The highest BCUT2D eigenvalue weighted by molar-refractivity contribution is 9.10. The van der Waals surface area contributed by atoms with Crippen LogP contribution in [0, 0.1) is 6.92 Å². The Morgan fingerprint density at radius 2 is 1.65 bits per heavy atom. The molecule has 0 radical (unpaired) electrons. The summed E-state index contributed by atoms with van der Waals surface area (Å²) in [6.45, 7) is 4.37. The van der Waals surface area contributed by atoms with Gasteiger partial charge >= 0.3 is 6.03 Å². The summed E-state index contributed by atoms with van der Waals surface area (Å²) in [4.78, 5) is 28.7. The van der Waals surface area contributed by atoms with Gasteiger partial charge in [0.1, 0.15) is 0 Å². The van der Waals surface area contributed by atoms with Crippen LogP contribution in [-0.4, -0.2) is 47.9 Å². The zero-order valence-electron chi connectivity index (χ0n) is 14.7. The van der Waals surface area contributed by atoms with Crippen molar-refractivity contribution in [3.8, 4) is 0 Å². The van der Waals surface area contributed by atoms with E-state index in [4.69, 9.17) is 0 Å². The number of rotatable bonds is 2. The van der Waals surface area contributed by atoms with Crippen molar-refractivity contribution in [1.29, 1.82) is 0 Å². The molecule has 3 amide bonds. The molecule has 1 aliphatic heterocycles. The van der Waals surface area contributed by atoms with Crippen LogP contribution in [0.5, 0.6) is 0 Å². The Hall–Kier alpha value is -2.34. The Bertz CT molecular complexity index is 795. The number of aryl methyl sites for hydroxylation is 1. The van der Waals surface area contributed by atoms with Gasteiger partial charge in [-0.25, -0.2) is 4.79 Å². The molecule has 1 N–H and O–H groups in total. The number of amides is 3. The standard InChI is InChI=1S/C20H22BrN3O2/c1-15-8-9-17(14-18(15)21)22-20(26)24-11-5-10-23(12-13-24)19(25)16-6-3-2-4-7-16/h2-4,6-9,14H,5,10-13H2,1H3,(H,22,26). The molecule has 136 valence electrons. The second-order valence-corrected chi connectivity index (χ2v) is 7.25. The van der Waals surface area contributed by atoms with E-state index in [2.05, 4.69) is 21.2 Å². The van der Waals surface area contributed by atoms with Crippen molar-refractivity contribution in [3.63, 3.8) is 0 Å². The SMILES string of the molecule is Cc1ccc(NC(=O)N2CCCN(C(=O)c3ccccc3)CC2)cc1Br. The highest BCUT2D eigenvalue weighted by Gasteiger charge is 2.22. The quantitative estimate of drug-likeness (QED) is 0.800. The molecule has 0 aliphatic carbocycles. The fourth-order valence-electron chi connectivity index (χ4n) is 2.96. The molecule has 2 aromatic carbocycles. The highest BCUT2D eigenvalue weighted by Crippen LogP contribution is 2.21. The summed E-state index contributed by atoms with van der Waals surface area (Å²) >= 11 is 3.48. The predicted octanol–water partition coefficient (Wildman–Crippen LogP) is 4.14. The summed E-state index contributed by atoms with van der Waals surface area (Å²) in [5.41, 5.74) is 2.57. The Kier molecular flexibility index (Phi) is 5.93. The highest BCUT2D eigenvalue weighted by atomic mass is 79.9. The Balaban J connectivity index is 1.60. The largest absolute Gasteiger partial charge is 0.337 e. The molecule has 6 heteroatoms. The number of nitrogens with zero attached hydrogens (tertiary/aromatic N) is 2. The number of urea groups is 1. The van der Waals surface area contributed by atoms with Gasteiger partial charge in [-0.05, 0) is 43.2 Å². The third-order valence-corrected chi connectivity index (χ3v) is 5.37. The molecule has 1 fully saturated rings. The zero-order valence-corrected chi connectivity index (χ0v) is 16.3. The van der Waals surface area contributed by atoms with E-state index in [9.17, 15) is 9.59 Å². The number of anilines is 1. The number of hydrogen-bond acceptors (Lipinski definition) is 2. The lowest BCUT2D eigenvalue weighted by Gasteiger charge is -2.22. The van der Waals surface area contributed by atoms with Crippen molar-refractivity contribution in [2.24, 2.45) is 0 Å². The number of nitrogens with one attached hydrogen (secondary N) is 1. The fraction of sp³-hybridized carbons (Fsp3) is 0.300. The lowest BCUT2D eigenvalue weighted by molar-refractivity contribution is 0.0762. The van der Waals surface area contributed by atoms with Gasteiger partial charge in [-0.3, -0.25) is 4.79 Å². The van der Waals surface area contributed by atoms with Crippen LogP contribution in [0.25, 0.3) is 0 Å². The van der Waals surface area contributed by atoms with Crippen molar-refractivity contribution in [3.05, 3.63) is 64.1 Å². The molecule has 0 aromatic heterocycles. The summed E-state index contributed by atoms with van der Waals surface area (Å²) in [6.07, 6.45) is 0.767. The van der Waals surface area contributed by atoms with Crippen LogP contribution in [0.1, 0.15) is 22.3 Å². The van der Waals surface area contributed by atoms with Crippen LogP contribution in [0.2, 0.25) is 0 Å². The van der Waals surface area contributed by atoms with Crippen LogP contribution < -0.4 is 5.32 Å². The van der Waals surface area contributed by atoms with Crippen LogP contribution in [0.4, 0.5) is 10.5 Å². The molecule has 0 saturated carbocycles. The van der Waals surface area contributed by atoms with Crippen molar-refractivity contribution in [2.75, 3.05) is 31.5 Å². The van der Waals surface area contributed by atoms with Gasteiger partial charge in [-0.15, -0.1) is 0 Å². The maximum absolute atomic E-state index is 12.6. The molecular formula is C20H22BrN3O2. The molecule has 1 aliphatic rings. The van der Waals surface area contributed by atoms with Crippen LogP contribution in [0.3, 0.4) is 0 Å². The first-order chi connectivity index (χ1) is 12.5. The van der Waals surface area contributed by atoms with Crippen LogP contribution in [-0.2, 0) is 0 Å². The molecule has 26 heavy (non-hydrogen) atoms. The van der Waals surface area contributed by atoms with Gasteiger partial charge in [-0.1, -0.05) is 40.2 Å². The molecule has 0 spiro atoms. The second-order valence-electron chi connectivity index (χ2n) is 6.39. The molecule has 1 saturated heterocycles. The van der Waals surface area contributed by atoms with E-state index in [1.165, 1.54) is 0 Å². The van der Waals surface area contributed by atoms with Crippen molar-refractivity contribution in [2.45, 2.75) is 13.3 Å². The lowest BCUT2D eigenvalue weighted by atomic mass is 10.2. The summed E-state index contributed by atoms with van der Waals surface area (Å²) in [5, 5.41) is 2.94. The summed E-state index contributed by atoms with van der Waals surface area (Å²) in [5.74, 6) is 0.0234. The monoisotopic (exact) mass is 415 g/mol. The number of hydrogen-bond donors (Lipinski definition) is 1. The van der Waals surface area contributed by atoms with Gasteiger partial charge in [0.15, 0.2) is 0 Å². The minimum atomic E-state index is -0.130. The third kappa shape index (κ3) is 4.43. The van der Waals surface area contributed by atoms with Gasteiger partial charge in [-0.2, -0.15) is 0 Å². The normalized spacial score (nSPS) is 14.7. The number of carbonyl (C=O) groups is 2. The number of benzene rings is 2. The first-order valence-corrected chi connectivity index (χ1v) is 9.50. The average molecular weight is 416 g/mol. The molecule has 3 rings (SSSR count). The summed E-state index contributed by atoms with van der Waals surface area (Å²) in [6, 6.07) is 14.9.